The van der Waals surface area contributed by atoms with Crippen LogP contribution in [0.5, 0.6) is 5.75 Å². The summed E-state index contributed by atoms with van der Waals surface area (Å²) in [5.41, 5.74) is 0.372. The van der Waals surface area contributed by atoms with E-state index in [1.54, 1.807) is 49.4 Å². The molecular formula is C19H15NO4. The summed E-state index contributed by atoms with van der Waals surface area (Å²) in [7, 11) is 1.53. The molecule has 0 fully saturated rings. The molecule has 1 heterocycles. The van der Waals surface area contributed by atoms with Gasteiger partial charge in [0, 0.05) is 5.56 Å². The molecule has 120 valence electrons. The molecule has 0 saturated carbocycles. The van der Waals surface area contributed by atoms with Gasteiger partial charge < -0.3 is 14.4 Å². The Balaban J connectivity index is 2.10. The highest BCUT2D eigenvalue weighted by atomic mass is 16.5. The topological polar surface area (TPSA) is 72.6 Å². The Bertz CT molecular complexity index is 945. The van der Waals surface area contributed by atoms with Crippen LogP contribution in [0.15, 0.2) is 53.1 Å². The molecule has 1 aliphatic rings. The summed E-state index contributed by atoms with van der Waals surface area (Å²) in [5.74, 6) is 0.508. The average Bonchev–Trinajstić information content (AvgIpc) is 3.02. The number of ether oxygens (including phenoxy) is 1. The molecule has 0 saturated heterocycles. The van der Waals surface area contributed by atoms with Crippen molar-refractivity contribution >= 4 is 5.78 Å². The maximum atomic E-state index is 13.2. The lowest BCUT2D eigenvalue weighted by atomic mass is 9.73. The molecular weight excluding hydrogens is 306 g/mol. The monoisotopic (exact) mass is 321 g/mol. The van der Waals surface area contributed by atoms with Crippen LogP contribution in [0.25, 0.3) is 11.3 Å². The quantitative estimate of drug-likeness (QED) is 0.785. The van der Waals surface area contributed by atoms with E-state index < -0.39 is 11.4 Å². The third kappa shape index (κ3) is 1.73. The Labute approximate surface area is 138 Å². The molecule has 0 spiro atoms. The fourth-order valence-corrected chi connectivity index (χ4v) is 3.37. The summed E-state index contributed by atoms with van der Waals surface area (Å²) < 4.78 is 10.7. The van der Waals surface area contributed by atoms with E-state index in [-0.39, 0.29) is 0 Å². The van der Waals surface area contributed by atoms with Gasteiger partial charge in [-0.3, -0.25) is 4.79 Å². The highest BCUT2D eigenvalue weighted by Crippen LogP contribution is 2.49. The van der Waals surface area contributed by atoms with E-state index >= 15 is 0 Å². The van der Waals surface area contributed by atoms with Crippen molar-refractivity contribution in [1.29, 1.82) is 0 Å². The SMILES string of the molecule is COc1cccc2c1-c1noc(C)c1[C@](O)(c1ccccc1)C2=O. The highest BCUT2D eigenvalue weighted by Gasteiger charge is 2.50. The van der Waals surface area contributed by atoms with Gasteiger partial charge in [-0.15, -0.1) is 0 Å². The first-order chi connectivity index (χ1) is 11.6. The van der Waals surface area contributed by atoms with Gasteiger partial charge in [0.1, 0.15) is 17.2 Å². The van der Waals surface area contributed by atoms with E-state index in [1.165, 1.54) is 7.11 Å². The van der Waals surface area contributed by atoms with E-state index in [4.69, 9.17) is 9.26 Å². The molecule has 0 bridgehead atoms. The number of rotatable bonds is 2. The van der Waals surface area contributed by atoms with Crippen LogP contribution in [0.3, 0.4) is 0 Å². The number of aliphatic hydroxyl groups is 1. The number of carbonyl (C=O) groups is 1. The lowest BCUT2D eigenvalue weighted by Gasteiger charge is -2.32. The number of fused-ring (bicyclic) bond motifs is 3. The number of hydrogen-bond donors (Lipinski definition) is 1. The normalized spacial score (nSPS) is 18.9. The number of methoxy groups -OCH3 is 1. The second-order valence-corrected chi connectivity index (χ2v) is 5.75. The number of carbonyl (C=O) groups excluding carboxylic acids is 1. The molecule has 24 heavy (non-hydrogen) atoms. The molecule has 5 heteroatoms. The number of nitrogens with zero attached hydrogens (tertiary/aromatic N) is 1. The standard InChI is InChI=1S/C19H15NO4/c1-11-16-17(20-24-11)15-13(9-6-10-14(15)23-2)18(21)19(16,22)12-7-4-3-5-8-12/h3-10,22H,1-2H3/t19-/m1/s1. The number of benzene rings is 2. The number of ketones is 1. The Hall–Kier alpha value is -2.92. The van der Waals surface area contributed by atoms with E-state index in [0.717, 1.165) is 0 Å². The van der Waals surface area contributed by atoms with Crippen molar-refractivity contribution < 1.29 is 19.2 Å². The summed E-state index contributed by atoms with van der Waals surface area (Å²) in [5, 5.41) is 15.5. The van der Waals surface area contributed by atoms with E-state index in [1.807, 2.05) is 6.07 Å². The van der Waals surface area contributed by atoms with Gasteiger partial charge in [0.15, 0.2) is 5.60 Å². The molecule has 1 aliphatic carbocycles. The molecule has 0 unspecified atom stereocenters. The lowest BCUT2D eigenvalue weighted by molar-refractivity contribution is 0.0477. The summed E-state index contributed by atoms with van der Waals surface area (Å²) in [6.45, 7) is 1.69. The molecule has 3 aromatic rings. The maximum Gasteiger partial charge on any atom is 0.204 e. The molecule has 2 aromatic carbocycles. The summed E-state index contributed by atoms with van der Waals surface area (Å²) in [6, 6.07) is 14.0. The summed E-state index contributed by atoms with van der Waals surface area (Å²) in [4.78, 5) is 13.2. The first kappa shape index (κ1) is 14.7. The Morgan fingerprint density at radius 3 is 2.58 bits per heavy atom. The van der Waals surface area contributed by atoms with Gasteiger partial charge in [-0.25, -0.2) is 0 Å². The minimum absolute atomic E-state index is 0.363. The predicted octanol–water partition coefficient (Wildman–Crippen LogP) is 3.09. The number of aromatic nitrogens is 1. The number of aryl methyl sites for hydroxylation is 1. The van der Waals surface area contributed by atoms with Crippen molar-refractivity contribution in [2.24, 2.45) is 0 Å². The molecule has 0 aliphatic heterocycles. The second kappa shape index (κ2) is 5.04. The smallest absolute Gasteiger partial charge is 0.204 e. The predicted molar refractivity (Wildman–Crippen MR) is 87.0 cm³/mol. The van der Waals surface area contributed by atoms with Gasteiger partial charge in [-0.1, -0.05) is 47.6 Å². The van der Waals surface area contributed by atoms with Crippen LogP contribution in [0.4, 0.5) is 0 Å². The van der Waals surface area contributed by atoms with Crippen molar-refractivity contribution in [3.8, 4) is 17.0 Å². The Kier molecular flexibility index (Phi) is 3.08. The number of hydrogen-bond acceptors (Lipinski definition) is 5. The summed E-state index contributed by atoms with van der Waals surface area (Å²) in [6.07, 6.45) is 0. The van der Waals surface area contributed by atoms with Crippen LogP contribution in [-0.2, 0) is 5.60 Å². The van der Waals surface area contributed by atoms with Crippen molar-refractivity contribution in [3.05, 3.63) is 71.0 Å². The van der Waals surface area contributed by atoms with Gasteiger partial charge in [0.25, 0.3) is 0 Å². The zero-order valence-corrected chi connectivity index (χ0v) is 13.2. The zero-order chi connectivity index (χ0) is 16.9. The minimum Gasteiger partial charge on any atom is -0.496 e. The first-order valence-electron chi connectivity index (χ1n) is 7.56. The van der Waals surface area contributed by atoms with Crippen LogP contribution >= 0.6 is 0 Å². The minimum atomic E-state index is -1.83. The fourth-order valence-electron chi connectivity index (χ4n) is 3.37. The van der Waals surface area contributed by atoms with E-state index in [0.29, 0.717) is 39.5 Å². The lowest BCUT2D eigenvalue weighted by Crippen LogP contribution is -2.40. The van der Waals surface area contributed by atoms with Gasteiger partial charge >= 0.3 is 0 Å². The molecule has 4 rings (SSSR count). The third-order valence-corrected chi connectivity index (χ3v) is 4.47. The van der Waals surface area contributed by atoms with E-state index in [9.17, 15) is 9.90 Å². The molecule has 1 atom stereocenters. The maximum absolute atomic E-state index is 13.2. The largest absolute Gasteiger partial charge is 0.496 e. The van der Waals surface area contributed by atoms with Crippen LogP contribution in [0.2, 0.25) is 0 Å². The first-order valence-corrected chi connectivity index (χ1v) is 7.56. The zero-order valence-electron chi connectivity index (χ0n) is 13.2. The molecule has 1 N–H and O–H groups in total. The van der Waals surface area contributed by atoms with Crippen molar-refractivity contribution in [2.75, 3.05) is 7.11 Å². The van der Waals surface area contributed by atoms with Crippen molar-refractivity contribution in [1.82, 2.24) is 5.16 Å². The van der Waals surface area contributed by atoms with Gasteiger partial charge in [-0.2, -0.15) is 0 Å². The molecule has 1 aromatic heterocycles. The second-order valence-electron chi connectivity index (χ2n) is 5.75. The number of Topliss-reactive ketones (excluding diaryl/α,β-unsaturated/α-hetero) is 1. The van der Waals surface area contributed by atoms with Crippen LogP contribution < -0.4 is 4.74 Å². The van der Waals surface area contributed by atoms with Crippen molar-refractivity contribution in [2.45, 2.75) is 12.5 Å². The van der Waals surface area contributed by atoms with Gasteiger partial charge in [0.2, 0.25) is 5.78 Å². The van der Waals surface area contributed by atoms with Crippen LogP contribution in [-0.4, -0.2) is 23.2 Å². The van der Waals surface area contributed by atoms with Crippen LogP contribution in [0.1, 0.15) is 27.2 Å². The average molecular weight is 321 g/mol. The molecule has 0 amide bonds. The van der Waals surface area contributed by atoms with Crippen molar-refractivity contribution in [3.63, 3.8) is 0 Å². The van der Waals surface area contributed by atoms with E-state index in [2.05, 4.69) is 5.16 Å². The summed E-state index contributed by atoms with van der Waals surface area (Å²) >= 11 is 0. The fraction of sp³-hybridized carbons (Fsp3) is 0.158. The Morgan fingerprint density at radius 2 is 1.88 bits per heavy atom. The van der Waals surface area contributed by atoms with Crippen LogP contribution in [0, 0.1) is 6.92 Å². The van der Waals surface area contributed by atoms with Gasteiger partial charge in [0.05, 0.1) is 18.2 Å². The Morgan fingerprint density at radius 1 is 1.12 bits per heavy atom. The highest BCUT2D eigenvalue weighted by molar-refractivity contribution is 6.14. The van der Waals surface area contributed by atoms with Gasteiger partial charge in [-0.05, 0) is 18.6 Å². The molecule has 5 nitrogen and oxygen atoms in total. The molecule has 0 radical (unpaired) electrons. The third-order valence-electron chi connectivity index (χ3n) is 4.47.